The first-order valence-electron chi connectivity index (χ1n) is 7.42. The third-order valence-electron chi connectivity index (χ3n) is 4.04. The Morgan fingerprint density at radius 1 is 1.42 bits per heavy atom. The molecule has 0 bridgehead atoms. The monoisotopic (exact) mass is 369 g/mol. The number of hydrogen-bond acceptors (Lipinski definition) is 5. The van der Waals surface area contributed by atoms with Gasteiger partial charge in [0.1, 0.15) is 23.4 Å². The quantitative estimate of drug-likeness (QED) is 0.470. The number of carbonyl (C=O) groups excluding carboxylic acids is 2. The topological polar surface area (TPSA) is 83.5 Å². The van der Waals surface area contributed by atoms with E-state index in [0.717, 1.165) is 16.9 Å². The van der Waals surface area contributed by atoms with E-state index in [1.807, 2.05) is 12.1 Å². The van der Waals surface area contributed by atoms with Crippen molar-refractivity contribution in [2.24, 2.45) is 0 Å². The molecule has 2 atom stereocenters. The third-order valence-corrected chi connectivity index (χ3v) is 5.76. The molecule has 0 spiro atoms. The van der Waals surface area contributed by atoms with Crippen molar-refractivity contribution >= 4 is 35.2 Å². The largest absolute Gasteiger partial charge is 0.497 e. The van der Waals surface area contributed by atoms with E-state index in [0.29, 0.717) is 5.75 Å². The van der Waals surface area contributed by atoms with E-state index in [1.165, 1.54) is 4.90 Å². The van der Waals surface area contributed by atoms with E-state index in [2.05, 4.69) is 5.73 Å². The molecule has 128 valence electrons. The molecule has 2 heterocycles. The predicted molar refractivity (Wildman–Crippen MR) is 90.3 cm³/mol. The van der Waals surface area contributed by atoms with E-state index in [4.69, 9.17) is 21.1 Å². The summed E-state index contributed by atoms with van der Waals surface area (Å²) in [5.41, 5.74) is 5.67. The standard InChI is InChI=1S/C16H17ClN2O4S/c1-22-11-4-2-9(3-5-11)7-23-16(21)13-10(6-17)8-24-15-12(18)14(20)19(13)15/h2-5,12,15H,6-8,18H2,1H3/p+1/t12-,15-/m1/s1. The van der Waals surface area contributed by atoms with Gasteiger partial charge in [0, 0.05) is 11.6 Å². The summed E-state index contributed by atoms with van der Waals surface area (Å²) in [4.78, 5) is 26.1. The number of esters is 1. The fraction of sp³-hybridized carbons (Fsp3) is 0.375. The van der Waals surface area contributed by atoms with E-state index in [9.17, 15) is 9.59 Å². The molecule has 1 fully saturated rings. The SMILES string of the molecule is COc1ccc(COC(=O)C2=C(CCl)CS[C@@H]3[C@H]([NH3+])C(=O)N23)cc1. The highest BCUT2D eigenvalue weighted by Crippen LogP contribution is 2.39. The summed E-state index contributed by atoms with van der Waals surface area (Å²) in [6.45, 7) is 0.121. The number of methoxy groups -OCH3 is 1. The van der Waals surface area contributed by atoms with Gasteiger partial charge in [0.25, 0.3) is 5.91 Å². The van der Waals surface area contributed by atoms with Crippen molar-refractivity contribution < 1.29 is 24.8 Å². The van der Waals surface area contributed by atoms with Gasteiger partial charge in [-0.2, -0.15) is 0 Å². The Hall–Kier alpha value is -1.70. The van der Waals surface area contributed by atoms with Crippen molar-refractivity contribution in [3.05, 3.63) is 41.1 Å². The van der Waals surface area contributed by atoms with Gasteiger partial charge in [-0.3, -0.25) is 9.69 Å². The molecule has 2 aliphatic rings. The molecule has 3 rings (SSSR count). The lowest BCUT2D eigenvalue weighted by Gasteiger charge is -2.45. The number of alkyl halides is 1. The minimum Gasteiger partial charge on any atom is -0.497 e. The first-order valence-corrected chi connectivity index (χ1v) is 9.01. The number of quaternary nitrogens is 1. The van der Waals surface area contributed by atoms with Crippen LogP contribution >= 0.6 is 23.4 Å². The number of thioether (sulfide) groups is 1. The van der Waals surface area contributed by atoms with Crippen LogP contribution in [0.25, 0.3) is 0 Å². The van der Waals surface area contributed by atoms with Crippen LogP contribution in [0.4, 0.5) is 0 Å². The number of nitrogens with zero attached hydrogens (tertiary/aromatic N) is 1. The normalized spacial score (nSPS) is 22.8. The van der Waals surface area contributed by atoms with Gasteiger partial charge in [-0.05, 0) is 23.3 Å². The molecule has 6 nitrogen and oxygen atoms in total. The second-order valence-electron chi connectivity index (χ2n) is 5.53. The van der Waals surface area contributed by atoms with Crippen molar-refractivity contribution in [3.8, 4) is 5.75 Å². The van der Waals surface area contributed by atoms with Gasteiger partial charge in [-0.1, -0.05) is 12.1 Å². The molecule has 2 aliphatic heterocycles. The molecule has 0 unspecified atom stereocenters. The van der Waals surface area contributed by atoms with Gasteiger partial charge in [-0.25, -0.2) is 4.79 Å². The van der Waals surface area contributed by atoms with Crippen molar-refractivity contribution in [2.45, 2.75) is 18.0 Å². The maximum Gasteiger partial charge on any atom is 0.355 e. The first kappa shape index (κ1) is 17.1. The van der Waals surface area contributed by atoms with Crippen LogP contribution in [0, 0.1) is 0 Å². The van der Waals surface area contributed by atoms with Crippen molar-refractivity contribution in [3.63, 3.8) is 0 Å². The molecule has 1 amide bonds. The zero-order valence-corrected chi connectivity index (χ0v) is 14.7. The number of carbonyl (C=O) groups is 2. The lowest BCUT2D eigenvalue weighted by molar-refractivity contribution is -0.423. The molecular formula is C16H18ClN2O4S+. The van der Waals surface area contributed by atoms with Gasteiger partial charge >= 0.3 is 5.97 Å². The summed E-state index contributed by atoms with van der Waals surface area (Å²) < 4.78 is 10.5. The van der Waals surface area contributed by atoms with E-state index < -0.39 is 5.97 Å². The minimum atomic E-state index is -0.521. The zero-order chi connectivity index (χ0) is 17.3. The van der Waals surface area contributed by atoms with Gasteiger partial charge in [0.15, 0.2) is 6.04 Å². The predicted octanol–water partition coefficient (Wildman–Crippen LogP) is 0.757. The number of hydrogen-bond donors (Lipinski definition) is 1. The summed E-state index contributed by atoms with van der Waals surface area (Å²) >= 11 is 7.52. The highest BCUT2D eigenvalue weighted by Gasteiger charge is 2.54. The Kier molecular flexibility index (Phi) is 5.03. The Bertz CT molecular complexity index is 692. The Morgan fingerprint density at radius 2 is 2.12 bits per heavy atom. The number of amides is 1. The van der Waals surface area contributed by atoms with Crippen molar-refractivity contribution in [1.29, 1.82) is 0 Å². The van der Waals surface area contributed by atoms with Gasteiger partial charge in [-0.15, -0.1) is 23.4 Å². The van der Waals surface area contributed by atoms with E-state index in [-0.39, 0.29) is 35.5 Å². The van der Waals surface area contributed by atoms with Crippen molar-refractivity contribution in [2.75, 3.05) is 18.7 Å². The molecule has 3 N–H and O–H groups in total. The van der Waals surface area contributed by atoms with Gasteiger partial charge in [0.05, 0.1) is 7.11 Å². The molecule has 8 heteroatoms. The molecule has 1 aromatic carbocycles. The minimum absolute atomic E-state index is 0.104. The molecule has 0 radical (unpaired) electrons. The Balaban J connectivity index is 1.72. The van der Waals surface area contributed by atoms with E-state index >= 15 is 0 Å². The lowest BCUT2D eigenvalue weighted by atomic mass is 10.0. The third kappa shape index (κ3) is 2.99. The zero-order valence-electron chi connectivity index (χ0n) is 13.2. The number of ether oxygens (including phenoxy) is 2. The Labute approximate surface area is 148 Å². The van der Waals surface area contributed by atoms with Crippen LogP contribution in [0.3, 0.4) is 0 Å². The summed E-state index contributed by atoms with van der Waals surface area (Å²) in [5, 5.41) is -0.104. The second-order valence-corrected chi connectivity index (χ2v) is 6.90. The van der Waals surface area contributed by atoms with Crippen LogP contribution in [-0.2, 0) is 20.9 Å². The molecule has 1 saturated heterocycles. The molecule has 0 saturated carbocycles. The fourth-order valence-corrected chi connectivity index (χ4v) is 4.31. The van der Waals surface area contributed by atoms with Crippen LogP contribution in [0.2, 0.25) is 0 Å². The number of halogens is 1. The van der Waals surface area contributed by atoms with Crippen molar-refractivity contribution in [1.82, 2.24) is 4.90 Å². The number of benzene rings is 1. The second kappa shape index (κ2) is 7.04. The summed E-state index contributed by atoms with van der Waals surface area (Å²) in [6.07, 6.45) is 0. The average Bonchev–Trinajstić information content (AvgIpc) is 2.64. The lowest BCUT2D eigenvalue weighted by Crippen LogP contribution is -2.83. The molecular weight excluding hydrogens is 352 g/mol. The van der Waals surface area contributed by atoms with Crippen LogP contribution in [0.5, 0.6) is 5.75 Å². The average molecular weight is 370 g/mol. The van der Waals surface area contributed by atoms with Crippen LogP contribution in [0.15, 0.2) is 35.5 Å². The van der Waals surface area contributed by atoms with Crippen LogP contribution < -0.4 is 10.5 Å². The summed E-state index contributed by atoms with van der Waals surface area (Å²) in [5.74, 6) is 0.852. The summed E-state index contributed by atoms with van der Waals surface area (Å²) in [7, 11) is 1.59. The Morgan fingerprint density at radius 3 is 2.75 bits per heavy atom. The maximum atomic E-state index is 12.5. The first-order chi connectivity index (χ1) is 11.6. The highest BCUT2D eigenvalue weighted by molar-refractivity contribution is 8.00. The molecule has 1 aromatic rings. The number of fused-ring (bicyclic) bond motifs is 1. The highest BCUT2D eigenvalue weighted by atomic mass is 35.5. The van der Waals surface area contributed by atoms with Crippen LogP contribution in [0.1, 0.15) is 5.56 Å². The fourth-order valence-electron chi connectivity index (χ4n) is 2.66. The van der Waals surface area contributed by atoms with Gasteiger partial charge < -0.3 is 15.2 Å². The smallest absolute Gasteiger partial charge is 0.355 e. The number of rotatable bonds is 5. The number of β-lactam (4-membered cyclic amide) rings is 1. The molecule has 0 aliphatic carbocycles. The maximum absolute atomic E-state index is 12.5. The van der Waals surface area contributed by atoms with Gasteiger partial charge in [0.2, 0.25) is 0 Å². The van der Waals surface area contributed by atoms with Crippen LogP contribution in [-0.4, -0.2) is 46.9 Å². The molecule has 0 aromatic heterocycles. The summed E-state index contributed by atoms with van der Waals surface area (Å²) in [6, 6.07) is 6.92. The van der Waals surface area contributed by atoms with E-state index in [1.54, 1.807) is 31.0 Å². The molecule has 24 heavy (non-hydrogen) atoms.